The van der Waals surface area contributed by atoms with Gasteiger partial charge in [0.1, 0.15) is 10.3 Å². The Morgan fingerprint density at radius 3 is 2.55 bits per heavy atom. The number of fused-ring (bicyclic) bond motifs is 2. The van der Waals surface area contributed by atoms with Gasteiger partial charge in [0.15, 0.2) is 0 Å². The molecule has 2 N–H and O–H groups in total. The number of pyridine rings is 2. The minimum absolute atomic E-state index is 0.0755. The van der Waals surface area contributed by atoms with Crippen molar-refractivity contribution in [1.29, 1.82) is 0 Å². The summed E-state index contributed by atoms with van der Waals surface area (Å²) in [7, 11) is -3.90. The molecular weight excluding hydrogens is 388 g/mol. The van der Waals surface area contributed by atoms with Gasteiger partial charge in [-0.25, -0.2) is 13.0 Å². The summed E-state index contributed by atoms with van der Waals surface area (Å²) in [5.41, 5.74) is 7.74. The van der Waals surface area contributed by atoms with E-state index < -0.39 is 9.84 Å². The molecule has 0 unspecified atom stereocenters. The summed E-state index contributed by atoms with van der Waals surface area (Å²) in [5.74, 6) is 0.0755. The standard InChI is InChI=1S/C21H20N4O3S/c1-3-11-24-19(22)17(29(27,28)15-7-5-4-6-8-15)12-16-20(24)23-18-10-9-14(2)13-25(18)21(16)26/h4-10,12-13,22H,3,11H2,1-2H3/p+1. The number of anilines is 1. The molecule has 4 aromatic rings. The summed E-state index contributed by atoms with van der Waals surface area (Å²) in [6.07, 6.45) is 2.39. The number of hydrogen-bond acceptors (Lipinski definition) is 5. The van der Waals surface area contributed by atoms with Gasteiger partial charge in [0.25, 0.3) is 11.2 Å². The summed E-state index contributed by atoms with van der Waals surface area (Å²) >= 11 is 0. The van der Waals surface area contributed by atoms with E-state index in [2.05, 4.69) is 4.98 Å². The van der Waals surface area contributed by atoms with Crippen molar-refractivity contribution < 1.29 is 13.0 Å². The van der Waals surface area contributed by atoms with Gasteiger partial charge in [-0.1, -0.05) is 36.2 Å². The zero-order valence-corrected chi connectivity index (χ0v) is 17.0. The van der Waals surface area contributed by atoms with Crippen LogP contribution in [0.2, 0.25) is 0 Å². The van der Waals surface area contributed by atoms with Crippen LogP contribution >= 0.6 is 0 Å². The van der Waals surface area contributed by atoms with E-state index in [0.29, 0.717) is 24.3 Å². The summed E-state index contributed by atoms with van der Waals surface area (Å²) in [6, 6.07) is 13.0. The molecule has 0 amide bonds. The molecule has 29 heavy (non-hydrogen) atoms. The van der Waals surface area contributed by atoms with E-state index in [0.717, 1.165) is 5.56 Å². The number of hydrogen-bond donors (Lipinski definition) is 1. The molecule has 8 heteroatoms. The van der Waals surface area contributed by atoms with Crippen molar-refractivity contribution in [3.8, 4) is 0 Å². The molecule has 0 saturated heterocycles. The summed E-state index contributed by atoms with van der Waals surface area (Å²) in [4.78, 5) is 17.8. The first-order valence-corrected chi connectivity index (χ1v) is 10.8. The van der Waals surface area contributed by atoms with Crippen LogP contribution in [0.15, 0.2) is 69.3 Å². The Morgan fingerprint density at radius 1 is 1.14 bits per heavy atom. The monoisotopic (exact) mass is 409 g/mol. The highest BCUT2D eigenvalue weighted by Crippen LogP contribution is 2.26. The Bertz CT molecular complexity index is 1410. The lowest BCUT2D eigenvalue weighted by Gasteiger charge is -2.12. The second-order valence-electron chi connectivity index (χ2n) is 6.95. The van der Waals surface area contributed by atoms with E-state index >= 15 is 0 Å². The molecule has 3 heterocycles. The average Bonchev–Trinajstić information content (AvgIpc) is 2.71. The molecule has 148 valence electrons. The summed E-state index contributed by atoms with van der Waals surface area (Å²) in [6.45, 7) is 4.27. The number of nitrogen functional groups attached to an aromatic ring is 1. The van der Waals surface area contributed by atoms with E-state index in [4.69, 9.17) is 5.73 Å². The van der Waals surface area contributed by atoms with Crippen LogP contribution in [0, 0.1) is 6.92 Å². The van der Waals surface area contributed by atoms with Crippen LogP contribution < -0.4 is 15.9 Å². The second-order valence-corrected chi connectivity index (χ2v) is 8.87. The fourth-order valence-corrected chi connectivity index (χ4v) is 4.85. The predicted octanol–water partition coefficient (Wildman–Crippen LogP) is 2.27. The third-order valence-electron chi connectivity index (χ3n) is 4.85. The van der Waals surface area contributed by atoms with Crippen molar-refractivity contribution in [3.05, 3.63) is 70.6 Å². The van der Waals surface area contributed by atoms with Crippen LogP contribution in [-0.4, -0.2) is 17.8 Å². The van der Waals surface area contributed by atoms with Crippen molar-refractivity contribution in [2.45, 2.75) is 36.6 Å². The lowest BCUT2D eigenvalue weighted by molar-refractivity contribution is -0.660. The molecule has 0 aliphatic carbocycles. The van der Waals surface area contributed by atoms with Crippen LogP contribution in [0.25, 0.3) is 16.7 Å². The van der Waals surface area contributed by atoms with Gasteiger partial charge < -0.3 is 5.73 Å². The molecule has 1 aromatic carbocycles. The molecule has 0 spiro atoms. The van der Waals surface area contributed by atoms with Gasteiger partial charge in [-0.05, 0) is 43.2 Å². The van der Waals surface area contributed by atoms with E-state index in [1.165, 1.54) is 22.6 Å². The molecule has 0 aliphatic rings. The molecule has 3 aromatic heterocycles. The highest BCUT2D eigenvalue weighted by molar-refractivity contribution is 7.91. The summed E-state index contributed by atoms with van der Waals surface area (Å²) < 4.78 is 29.6. The van der Waals surface area contributed by atoms with Crippen LogP contribution in [0.3, 0.4) is 0 Å². The average molecular weight is 409 g/mol. The number of nitrogens with two attached hydrogens (primary N) is 1. The Balaban J connectivity index is 2.15. The van der Waals surface area contributed by atoms with Crippen molar-refractivity contribution in [2.24, 2.45) is 0 Å². The SMILES string of the molecule is CCC[n+]1c(N)c(S(=O)(=O)c2ccccc2)cc2c(=O)n3cc(C)ccc3nc21. The number of aromatic nitrogens is 3. The van der Waals surface area contributed by atoms with Gasteiger partial charge in [0.2, 0.25) is 21.3 Å². The van der Waals surface area contributed by atoms with Gasteiger partial charge in [0.05, 0.1) is 11.4 Å². The van der Waals surface area contributed by atoms with Gasteiger partial charge in [0, 0.05) is 6.20 Å². The number of sulfone groups is 1. The Hall–Kier alpha value is -3.26. The Labute approximate surface area is 168 Å². The smallest absolute Gasteiger partial charge is 0.278 e. The van der Waals surface area contributed by atoms with E-state index in [-0.39, 0.29) is 26.6 Å². The van der Waals surface area contributed by atoms with Crippen LogP contribution in [0.1, 0.15) is 18.9 Å². The normalized spacial score (nSPS) is 11.9. The molecule has 0 fully saturated rings. The van der Waals surface area contributed by atoms with Gasteiger partial charge in [-0.15, -0.1) is 0 Å². The van der Waals surface area contributed by atoms with E-state index in [9.17, 15) is 13.2 Å². The third-order valence-corrected chi connectivity index (χ3v) is 6.65. The molecule has 0 aliphatic heterocycles. The molecule has 0 saturated carbocycles. The van der Waals surface area contributed by atoms with Gasteiger partial charge in [-0.3, -0.25) is 9.20 Å². The predicted molar refractivity (Wildman–Crippen MR) is 110 cm³/mol. The Morgan fingerprint density at radius 2 is 1.86 bits per heavy atom. The highest BCUT2D eigenvalue weighted by atomic mass is 32.2. The molecule has 4 rings (SSSR count). The number of aryl methyl sites for hydroxylation is 2. The summed E-state index contributed by atoms with van der Waals surface area (Å²) in [5, 5.41) is 0.213. The molecule has 0 bridgehead atoms. The zero-order valence-electron chi connectivity index (χ0n) is 16.2. The van der Waals surface area contributed by atoms with Crippen molar-refractivity contribution >= 4 is 32.3 Å². The molecular formula is C21H21N4O3S+. The first-order valence-electron chi connectivity index (χ1n) is 9.29. The first-order chi connectivity index (χ1) is 13.8. The minimum atomic E-state index is -3.90. The topological polar surface area (TPSA) is 98.4 Å². The molecule has 0 atom stereocenters. The maximum Gasteiger partial charge on any atom is 0.278 e. The fourth-order valence-electron chi connectivity index (χ4n) is 3.42. The lowest BCUT2D eigenvalue weighted by atomic mass is 10.2. The second kappa shape index (κ2) is 6.97. The maximum atomic E-state index is 13.3. The van der Waals surface area contributed by atoms with Crippen LogP contribution in [-0.2, 0) is 16.4 Å². The van der Waals surface area contributed by atoms with Gasteiger partial charge >= 0.3 is 0 Å². The first kappa shape index (κ1) is 19.1. The zero-order chi connectivity index (χ0) is 20.8. The van der Waals surface area contributed by atoms with E-state index in [1.54, 1.807) is 35.0 Å². The van der Waals surface area contributed by atoms with Gasteiger partial charge in [-0.2, -0.15) is 0 Å². The quantitative estimate of drug-likeness (QED) is 0.412. The fraction of sp³-hybridized carbons (Fsp3) is 0.190. The highest BCUT2D eigenvalue weighted by Gasteiger charge is 2.29. The van der Waals surface area contributed by atoms with Crippen LogP contribution in [0.5, 0.6) is 0 Å². The maximum absolute atomic E-state index is 13.3. The van der Waals surface area contributed by atoms with Crippen molar-refractivity contribution in [1.82, 2.24) is 9.38 Å². The van der Waals surface area contributed by atoms with Crippen LogP contribution in [0.4, 0.5) is 5.82 Å². The lowest BCUT2D eigenvalue weighted by Crippen LogP contribution is -2.41. The molecule has 0 radical (unpaired) electrons. The van der Waals surface area contributed by atoms with E-state index in [1.807, 2.05) is 19.9 Å². The number of benzene rings is 1. The minimum Gasteiger partial charge on any atom is -0.317 e. The van der Waals surface area contributed by atoms with Crippen molar-refractivity contribution in [2.75, 3.05) is 5.73 Å². The number of nitrogens with zero attached hydrogens (tertiary/aromatic N) is 3. The van der Waals surface area contributed by atoms with Crippen molar-refractivity contribution in [3.63, 3.8) is 0 Å². The molecule has 7 nitrogen and oxygen atoms in total. The Kier molecular flexibility index (Phi) is 4.58. The largest absolute Gasteiger partial charge is 0.317 e. The third kappa shape index (κ3) is 3.05. The number of rotatable bonds is 4.